The summed E-state index contributed by atoms with van der Waals surface area (Å²) in [6.07, 6.45) is -4.51. The van der Waals surface area contributed by atoms with Crippen LogP contribution in [0.3, 0.4) is 0 Å². The average Bonchev–Trinajstić information content (AvgIpc) is 2.96. The minimum Gasteiger partial charge on any atom is -0.287 e. The van der Waals surface area contributed by atoms with Gasteiger partial charge in [-0.3, -0.25) is 14.7 Å². The highest BCUT2D eigenvalue weighted by molar-refractivity contribution is 7.99. The molecule has 26 heavy (non-hydrogen) atoms. The third kappa shape index (κ3) is 3.34. The number of imidazole rings is 1. The van der Waals surface area contributed by atoms with E-state index in [4.69, 9.17) is 5.26 Å². The summed E-state index contributed by atoms with van der Waals surface area (Å²) in [5.74, 6) is 0.0321. The maximum atomic E-state index is 13.0. The third-order valence-corrected chi connectivity index (χ3v) is 4.32. The molecule has 0 aliphatic carbocycles. The molecule has 0 bridgehead atoms. The van der Waals surface area contributed by atoms with Gasteiger partial charge in [-0.1, -0.05) is 17.8 Å². The molecule has 3 aromatic rings. The van der Waals surface area contributed by atoms with Crippen molar-refractivity contribution in [3.63, 3.8) is 0 Å². The number of hydrogen-bond donors (Lipinski definition) is 0. The Bertz CT molecular complexity index is 1040. The molecule has 0 fully saturated rings. The lowest BCUT2D eigenvalue weighted by Gasteiger charge is -2.12. The Labute approximate surface area is 149 Å². The first kappa shape index (κ1) is 17.8. The molecule has 0 radical (unpaired) electrons. The first-order valence-corrected chi connectivity index (χ1v) is 8.14. The molecule has 0 N–H and O–H groups in total. The first-order valence-electron chi connectivity index (χ1n) is 7.15. The van der Waals surface area contributed by atoms with E-state index >= 15 is 0 Å². The number of aromatic nitrogens is 2. The van der Waals surface area contributed by atoms with Crippen molar-refractivity contribution in [1.82, 2.24) is 9.55 Å². The smallest absolute Gasteiger partial charge is 0.287 e. The predicted octanol–water partition coefficient (Wildman–Crippen LogP) is 4.57. The molecule has 132 valence electrons. The fourth-order valence-electron chi connectivity index (χ4n) is 2.42. The van der Waals surface area contributed by atoms with Crippen molar-refractivity contribution in [3.05, 3.63) is 58.1 Å². The fourth-order valence-corrected chi connectivity index (χ4v) is 3.11. The van der Waals surface area contributed by atoms with E-state index < -0.39 is 16.7 Å². The van der Waals surface area contributed by atoms with E-state index in [-0.39, 0.29) is 27.8 Å². The van der Waals surface area contributed by atoms with Crippen LogP contribution in [-0.2, 0) is 6.18 Å². The Morgan fingerprint density at radius 3 is 2.69 bits per heavy atom. The number of halogens is 3. The van der Waals surface area contributed by atoms with Crippen molar-refractivity contribution in [2.45, 2.75) is 11.3 Å². The van der Waals surface area contributed by atoms with E-state index in [9.17, 15) is 23.3 Å². The maximum Gasteiger partial charge on any atom is 0.416 e. The molecule has 6 nitrogen and oxygen atoms in total. The summed E-state index contributed by atoms with van der Waals surface area (Å²) in [6.45, 7) is 0. The molecule has 0 amide bonds. The topological polar surface area (TPSA) is 84.8 Å². The summed E-state index contributed by atoms with van der Waals surface area (Å²) in [5.41, 5.74) is -0.123. The Hall–Kier alpha value is -3.06. The van der Waals surface area contributed by atoms with Crippen molar-refractivity contribution in [2.75, 3.05) is 5.75 Å². The number of nitro benzene ring substituents is 1. The number of rotatable bonds is 4. The second-order valence-electron chi connectivity index (χ2n) is 5.15. The number of thioether (sulfide) groups is 1. The summed E-state index contributed by atoms with van der Waals surface area (Å²) in [7, 11) is 0. The largest absolute Gasteiger partial charge is 0.416 e. The van der Waals surface area contributed by atoms with E-state index in [1.54, 1.807) is 0 Å². The lowest BCUT2D eigenvalue weighted by Crippen LogP contribution is -2.06. The van der Waals surface area contributed by atoms with Gasteiger partial charge in [0, 0.05) is 17.8 Å². The Balaban J connectivity index is 2.23. The molecule has 10 heteroatoms. The standard InChI is InChI=1S/C16H9F3N4O2S/c17-16(18,19)10-2-1-3-11(8-10)22-14-5-4-12(23(24)25)9-13(14)21-15(22)26-7-6-20/h1-5,8-9H,7H2. The average molecular weight is 378 g/mol. The third-order valence-electron chi connectivity index (χ3n) is 3.52. The van der Waals surface area contributed by atoms with Crippen molar-refractivity contribution >= 4 is 28.5 Å². The highest BCUT2D eigenvalue weighted by Gasteiger charge is 2.31. The minimum atomic E-state index is -4.51. The Kier molecular flexibility index (Phi) is 4.56. The van der Waals surface area contributed by atoms with Crippen molar-refractivity contribution in [1.29, 1.82) is 5.26 Å². The summed E-state index contributed by atoms with van der Waals surface area (Å²) in [6, 6.07) is 10.5. The number of hydrogen-bond acceptors (Lipinski definition) is 5. The summed E-state index contributed by atoms with van der Waals surface area (Å²) in [5, 5.41) is 20.0. The van der Waals surface area contributed by atoms with E-state index in [0.29, 0.717) is 5.52 Å². The molecule has 0 saturated heterocycles. The summed E-state index contributed by atoms with van der Waals surface area (Å²) < 4.78 is 40.5. The monoisotopic (exact) mass is 378 g/mol. The SMILES string of the molecule is N#CCSc1nc2cc([N+](=O)[O-])ccc2n1-c1cccc(C(F)(F)F)c1. The molecule has 0 aliphatic heterocycles. The van der Waals surface area contributed by atoms with Crippen LogP contribution in [0.4, 0.5) is 18.9 Å². The van der Waals surface area contributed by atoms with E-state index in [0.717, 1.165) is 23.9 Å². The Morgan fingerprint density at radius 1 is 1.27 bits per heavy atom. The van der Waals surface area contributed by atoms with E-state index in [1.165, 1.54) is 34.9 Å². The van der Waals surface area contributed by atoms with Crippen molar-refractivity contribution in [2.24, 2.45) is 0 Å². The van der Waals surface area contributed by atoms with Crippen LogP contribution in [0.2, 0.25) is 0 Å². The number of nitro groups is 1. The lowest BCUT2D eigenvalue weighted by atomic mass is 10.2. The zero-order chi connectivity index (χ0) is 18.9. The van der Waals surface area contributed by atoms with Crippen LogP contribution < -0.4 is 0 Å². The maximum absolute atomic E-state index is 13.0. The molecular weight excluding hydrogens is 369 g/mol. The molecule has 0 spiro atoms. The summed E-state index contributed by atoms with van der Waals surface area (Å²) >= 11 is 1.03. The molecule has 1 aromatic heterocycles. The highest BCUT2D eigenvalue weighted by atomic mass is 32.2. The molecule has 0 atom stereocenters. The van der Waals surface area contributed by atoms with Gasteiger partial charge < -0.3 is 0 Å². The van der Waals surface area contributed by atoms with Crippen LogP contribution in [0.1, 0.15) is 5.56 Å². The number of benzene rings is 2. The number of fused-ring (bicyclic) bond motifs is 1. The van der Waals surface area contributed by atoms with E-state index in [1.807, 2.05) is 6.07 Å². The molecule has 0 saturated carbocycles. The van der Waals surface area contributed by atoms with Gasteiger partial charge >= 0.3 is 6.18 Å². The van der Waals surface area contributed by atoms with E-state index in [2.05, 4.69) is 4.98 Å². The second-order valence-corrected chi connectivity index (χ2v) is 6.10. The Morgan fingerprint density at radius 2 is 2.04 bits per heavy atom. The molecular formula is C16H9F3N4O2S. The second kappa shape index (κ2) is 6.68. The molecule has 2 aromatic carbocycles. The van der Waals surface area contributed by atoms with Crippen LogP contribution in [0.5, 0.6) is 0 Å². The molecule has 0 aliphatic rings. The normalized spacial score (nSPS) is 11.5. The highest BCUT2D eigenvalue weighted by Crippen LogP contribution is 2.34. The van der Waals surface area contributed by atoms with Gasteiger partial charge in [0.25, 0.3) is 5.69 Å². The number of alkyl halides is 3. The quantitative estimate of drug-likeness (QED) is 0.377. The van der Waals surface area contributed by atoms with Gasteiger partial charge in [-0.15, -0.1) is 0 Å². The zero-order valence-corrected chi connectivity index (χ0v) is 13.7. The minimum absolute atomic E-state index is 0.0321. The first-order chi connectivity index (χ1) is 12.3. The fraction of sp³-hybridized carbons (Fsp3) is 0.125. The number of nitriles is 1. The van der Waals surface area contributed by atoms with Crippen LogP contribution >= 0.6 is 11.8 Å². The van der Waals surface area contributed by atoms with Crippen molar-refractivity contribution in [3.8, 4) is 11.8 Å². The lowest BCUT2D eigenvalue weighted by molar-refractivity contribution is -0.384. The van der Waals surface area contributed by atoms with Gasteiger partial charge in [0.1, 0.15) is 0 Å². The van der Waals surface area contributed by atoms with Gasteiger partial charge in [-0.05, 0) is 24.3 Å². The van der Waals surface area contributed by atoms with Crippen LogP contribution in [0, 0.1) is 21.4 Å². The molecule has 1 heterocycles. The van der Waals surface area contributed by atoms with Gasteiger partial charge in [0.15, 0.2) is 5.16 Å². The van der Waals surface area contributed by atoms with Crippen LogP contribution in [0.25, 0.3) is 16.7 Å². The van der Waals surface area contributed by atoms with Gasteiger partial charge in [0.05, 0.1) is 33.3 Å². The molecule has 0 unspecified atom stereocenters. The predicted molar refractivity (Wildman–Crippen MR) is 89.1 cm³/mol. The van der Waals surface area contributed by atoms with Crippen LogP contribution in [0.15, 0.2) is 47.6 Å². The van der Waals surface area contributed by atoms with Gasteiger partial charge in [-0.25, -0.2) is 4.98 Å². The number of nitrogens with zero attached hydrogens (tertiary/aromatic N) is 4. The van der Waals surface area contributed by atoms with Crippen molar-refractivity contribution < 1.29 is 18.1 Å². The van der Waals surface area contributed by atoms with Gasteiger partial charge in [0.2, 0.25) is 0 Å². The summed E-state index contributed by atoms with van der Waals surface area (Å²) in [4.78, 5) is 14.6. The van der Waals surface area contributed by atoms with Crippen LogP contribution in [-0.4, -0.2) is 20.2 Å². The molecule has 3 rings (SSSR count). The van der Waals surface area contributed by atoms with Gasteiger partial charge in [-0.2, -0.15) is 18.4 Å². The zero-order valence-electron chi connectivity index (χ0n) is 12.9. The number of non-ortho nitro benzene ring substituents is 1.